The molecule has 2 rings (SSSR count). The number of allylic oxidation sites excluding steroid dienone is 10. The number of hydrogen-bond donors (Lipinski definition) is 3. The number of carbonyl (C=O) groups excluding carboxylic acids is 4. The number of amides is 2. The smallest absolute Gasteiger partial charge is 0.311 e. The highest BCUT2D eigenvalue weighted by Gasteiger charge is 2.16. The number of azo groups is 1. The number of unbranched alkanes of at least 4 members (excludes halogenated alkanes) is 1. The fraction of sp³-hybridized carbons (Fsp3) is 0.317. The average molecular weight is 694 g/mol. The van der Waals surface area contributed by atoms with Gasteiger partial charge in [0.25, 0.3) is 0 Å². The largest absolute Gasteiger partial charge is 0.426 e. The Labute approximate surface area is 301 Å². The summed E-state index contributed by atoms with van der Waals surface area (Å²) in [5.74, 6) is -1.50. The van der Waals surface area contributed by atoms with Crippen molar-refractivity contribution in [3.05, 3.63) is 121 Å². The van der Waals surface area contributed by atoms with E-state index in [0.717, 1.165) is 38.5 Å². The number of Topliss-reactive ketones (excluding diaryl/α,β-unsaturated/α-hetero) is 1. The lowest BCUT2D eigenvalue weighted by molar-refractivity contribution is -0.134. The molecule has 0 aliphatic heterocycles. The minimum absolute atomic E-state index is 0.00945. The molecule has 0 aliphatic carbocycles. The summed E-state index contributed by atoms with van der Waals surface area (Å²) < 4.78 is 5.51. The number of nitrogens with two attached hydrogens (primary N) is 2. The molecule has 0 bridgehead atoms. The molecule has 0 aliphatic rings. The number of nitrogens with zero attached hydrogens (tertiary/aromatic N) is 2. The molecule has 0 fully saturated rings. The van der Waals surface area contributed by atoms with E-state index in [1.165, 1.54) is 19.1 Å². The third-order valence-corrected chi connectivity index (χ3v) is 7.28. The first-order valence-corrected chi connectivity index (χ1v) is 17.3. The predicted octanol–water partition coefficient (Wildman–Crippen LogP) is 8.81. The molecule has 0 saturated heterocycles. The van der Waals surface area contributed by atoms with Gasteiger partial charge in [-0.05, 0) is 94.2 Å². The molecule has 2 aromatic rings. The van der Waals surface area contributed by atoms with Gasteiger partial charge in [0.1, 0.15) is 5.75 Å². The van der Waals surface area contributed by atoms with Gasteiger partial charge in [-0.15, -0.1) is 0 Å². The molecular weight excluding hydrogens is 642 g/mol. The first-order chi connectivity index (χ1) is 24.6. The molecule has 10 nitrogen and oxygen atoms in total. The van der Waals surface area contributed by atoms with Crippen LogP contribution in [0.1, 0.15) is 94.0 Å². The number of ether oxygens (including phenoxy) is 1. The average Bonchev–Trinajstić information content (AvgIpc) is 3.11. The summed E-state index contributed by atoms with van der Waals surface area (Å²) in [7, 11) is 0. The summed E-state index contributed by atoms with van der Waals surface area (Å²) in [6, 6.07) is 10.6. The van der Waals surface area contributed by atoms with Crippen LogP contribution in [0.5, 0.6) is 5.75 Å². The maximum absolute atomic E-state index is 12.5. The summed E-state index contributed by atoms with van der Waals surface area (Å²) in [6.45, 7) is 7.39. The number of primary amides is 1. The molecule has 2 aromatic carbocycles. The van der Waals surface area contributed by atoms with Gasteiger partial charge in [-0.25, -0.2) is 0 Å². The van der Waals surface area contributed by atoms with Crippen molar-refractivity contribution in [3.8, 4) is 5.75 Å². The van der Waals surface area contributed by atoms with Crippen molar-refractivity contribution in [2.75, 3.05) is 0 Å². The van der Waals surface area contributed by atoms with E-state index in [0.29, 0.717) is 29.1 Å². The van der Waals surface area contributed by atoms with Crippen molar-refractivity contribution < 1.29 is 23.9 Å². The standard InChI is InChI=1S/C41H51N5O5/c1-4-5-6-7-8-9-10-11-12-13-14-15-16-17-18-19-20-21-40(49)51-38-28-26-35(30-36(38)32(3)47)46-45-34-24-22-33(23-25-34)31(2)44-41(50)37(42)27-29-39(43)48/h5-6,8-9,11-12,14-15,17-18,22-26,28,30,37H,2,4,7,10,13,16,19-21,27,29,42H2,1,3H3,(H2,43,48)(H,44,50)/b6-5-,9-8-,12-11-,15-14-,18-17-,46-45?. The molecule has 2 amide bonds. The van der Waals surface area contributed by atoms with Crippen LogP contribution in [0.3, 0.4) is 0 Å². The van der Waals surface area contributed by atoms with Gasteiger partial charge >= 0.3 is 5.97 Å². The van der Waals surface area contributed by atoms with Crippen molar-refractivity contribution in [2.45, 2.75) is 84.1 Å². The van der Waals surface area contributed by atoms with Gasteiger partial charge in [-0.1, -0.05) is 86.4 Å². The van der Waals surface area contributed by atoms with Gasteiger partial charge in [0.05, 0.1) is 23.0 Å². The lowest BCUT2D eigenvalue weighted by Crippen LogP contribution is -2.40. The third kappa shape index (κ3) is 18.2. The molecule has 51 heavy (non-hydrogen) atoms. The summed E-state index contributed by atoms with van der Waals surface area (Å²) >= 11 is 0. The van der Waals surface area contributed by atoms with Crippen molar-refractivity contribution in [1.82, 2.24) is 5.32 Å². The maximum atomic E-state index is 12.5. The molecule has 0 heterocycles. The first-order valence-electron chi connectivity index (χ1n) is 17.3. The molecule has 5 N–H and O–H groups in total. The normalized spacial score (nSPS) is 12.5. The quantitative estimate of drug-likeness (QED) is 0.0263. The fourth-order valence-electron chi connectivity index (χ4n) is 4.44. The van der Waals surface area contributed by atoms with E-state index in [4.69, 9.17) is 16.2 Å². The second-order valence-corrected chi connectivity index (χ2v) is 11.6. The Balaban J connectivity index is 1.77. The van der Waals surface area contributed by atoms with Gasteiger partial charge in [-0.2, -0.15) is 10.2 Å². The number of ketones is 1. The molecule has 0 aromatic heterocycles. The fourth-order valence-corrected chi connectivity index (χ4v) is 4.44. The zero-order valence-corrected chi connectivity index (χ0v) is 29.8. The van der Waals surface area contributed by atoms with E-state index in [1.54, 1.807) is 30.3 Å². The molecule has 0 saturated carbocycles. The van der Waals surface area contributed by atoms with Crippen LogP contribution in [0, 0.1) is 0 Å². The van der Waals surface area contributed by atoms with Crippen molar-refractivity contribution in [2.24, 2.45) is 21.7 Å². The van der Waals surface area contributed by atoms with Crippen LogP contribution in [0.25, 0.3) is 5.70 Å². The maximum Gasteiger partial charge on any atom is 0.311 e. The Morgan fingerprint density at radius 3 is 1.92 bits per heavy atom. The topological polar surface area (TPSA) is 166 Å². The van der Waals surface area contributed by atoms with E-state index in [-0.39, 0.29) is 36.4 Å². The molecule has 270 valence electrons. The number of esters is 1. The van der Waals surface area contributed by atoms with Crippen molar-refractivity contribution >= 4 is 40.6 Å². The second kappa shape index (κ2) is 24.6. The summed E-state index contributed by atoms with van der Waals surface area (Å²) in [5, 5.41) is 11.1. The summed E-state index contributed by atoms with van der Waals surface area (Å²) in [6.07, 6.45) is 28.0. The number of benzene rings is 2. The minimum Gasteiger partial charge on any atom is -0.426 e. The molecule has 1 atom stereocenters. The van der Waals surface area contributed by atoms with Crippen LogP contribution in [0.2, 0.25) is 0 Å². The number of carbonyl (C=O) groups is 4. The molecule has 0 radical (unpaired) electrons. The number of hydrogen-bond acceptors (Lipinski definition) is 8. The monoisotopic (exact) mass is 693 g/mol. The molecule has 1 unspecified atom stereocenters. The van der Waals surface area contributed by atoms with Crippen LogP contribution in [-0.4, -0.2) is 29.6 Å². The first kappa shape index (κ1) is 41.7. The zero-order valence-electron chi connectivity index (χ0n) is 29.8. The van der Waals surface area contributed by atoms with E-state index >= 15 is 0 Å². The van der Waals surface area contributed by atoms with Crippen molar-refractivity contribution in [3.63, 3.8) is 0 Å². The summed E-state index contributed by atoms with van der Waals surface area (Å²) in [4.78, 5) is 48.0. The highest BCUT2D eigenvalue weighted by molar-refractivity contribution is 5.98. The Morgan fingerprint density at radius 1 is 0.804 bits per heavy atom. The lowest BCUT2D eigenvalue weighted by Gasteiger charge is -2.13. The molecule has 0 spiro atoms. The highest BCUT2D eigenvalue weighted by atomic mass is 16.5. The highest BCUT2D eigenvalue weighted by Crippen LogP contribution is 2.27. The Bertz CT molecular complexity index is 1630. The number of rotatable bonds is 23. The van der Waals surface area contributed by atoms with Crippen LogP contribution in [0.4, 0.5) is 11.4 Å². The van der Waals surface area contributed by atoms with E-state index < -0.39 is 23.8 Å². The summed E-state index contributed by atoms with van der Waals surface area (Å²) in [5.41, 5.74) is 13.0. The van der Waals surface area contributed by atoms with Gasteiger partial charge in [0.2, 0.25) is 11.8 Å². The van der Waals surface area contributed by atoms with Gasteiger partial charge in [-0.3, -0.25) is 19.2 Å². The molecule has 10 heteroatoms. The zero-order chi connectivity index (χ0) is 37.3. The Kier molecular flexibility index (Phi) is 20.1. The number of nitrogens with one attached hydrogen (secondary N) is 1. The Morgan fingerprint density at radius 2 is 1.35 bits per heavy atom. The van der Waals surface area contributed by atoms with Crippen LogP contribution < -0.4 is 21.5 Å². The SMILES string of the molecule is C=C(NC(=O)C(N)CCC(N)=O)c1ccc(N=Nc2ccc(OC(=O)CCC/C=C\C/C=C\C/C=C\C/C=C\C/C=C\CC)c(C(C)=O)c2)cc1. The van der Waals surface area contributed by atoms with Gasteiger partial charge < -0.3 is 21.5 Å². The lowest BCUT2D eigenvalue weighted by atomic mass is 10.1. The second-order valence-electron chi connectivity index (χ2n) is 11.6. The third-order valence-electron chi connectivity index (χ3n) is 7.28. The van der Waals surface area contributed by atoms with E-state index in [1.807, 2.05) is 0 Å². The van der Waals surface area contributed by atoms with Crippen molar-refractivity contribution in [1.29, 1.82) is 0 Å². The predicted molar refractivity (Wildman–Crippen MR) is 205 cm³/mol. The van der Waals surface area contributed by atoms with E-state index in [2.05, 4.69) is 89.8 Å². The Hall–Kier alpha value is -5.48. The van der Waals surface area contributed by atoms with Crippen LogP contribution >= 0.6 is 0 Å². The van der Waals surface area contributed by atoms with Crippen LogP contribution in [-0.2, 0) is 14.4 Å². The van der Waals surface area contributed by atoms with E-state index in [9.17, 15) is 19.2 Å². The van der Waals surface area contributed by atoms with Gasteiger partial charge in [0, 0.05) is 18.5 Å². The van der Waals surface area contributed by atoms with Crippen LogP contribution in [0.15, 0.2) is 120 Å². The minimum atomic E-state index is -0.891. The molecular formula is C41H51N5O5. The van der Waals surface area contributed by atoms with Gasteiger partial charge in [0.15, 0.2) is 5.78 Å².